The standard InChI is InChI=1S/C18H14N2O4/c1-24-16-8-4-12(5-9-16)17-10-14(11-21)18(19-17)13-2-6-15(7-3-13)20(22)23/h2-11,19H,1H3. The van der Waals surface area contributed by atoms with E-state index in [1.54, 1.807) is 25.3 Å². The number of ether oxygens (including phenoxy) is 1. The average Bonchev–Trinajstić information content (AvgIpc) is 3.06. The molecule has 0 aliphatic heterocycles. The summed E-state index contributed by atoms with van der Waals surface area (Å²) in [7, 11) is 1.60. The number of non-ortho nitro benzene ring substituents is 1. The second-order valence-corrected chi connectivity index (χ2v) is 5.16. The lowest BCUT2D eigenvalue weighted by molar-refractivity contribution is -0.384. The van der Waals surface area contributed by atoms with Gasteiger partial charge in [-0.3, -0.25) is 14.9 Å². The van der Waals surface area contributed by atoms with Gasteiger partial charge in [-0.25, -0.2) is 0 Å². The van der Waals surface area contributed by atoms with Crippen LogP contribution in [0.5, 0.6) is 5.75 Å². The zero-order chi connectivity index (χ0) is 17.1. The number of aromatic amines is 1. The first-order valence-electron chi connectivity index (χ1n) is 7.20. The minimum Gasteiger partial charge on any atom is -0.497 e. The van der Waals surface area contributed by atoms with Crippen molar-refractivity contribution in [2.45, 2.75) is 0 Å². The topological polar surface area (TPSA) is 85.2 Å². The Bertz CT molecular complexity index is 880. The molecule has 2 aromatic carbocycles. The Morgan fingerprint density at radius 2 is 1.67 bits per heavy atom. The molecule has 3 rings (SSSR count). The van der Waals surface area contributed by atoms with Gasteiger partial charge < -0.3 is 9.72 Å². The van der Waals surface area contributed by atoms with Gasteiger partial charge >= 0.3 is 0 Å². The van der Waals surface area contributed by atoms with Crippen molar-refractivity contribution in [3.63, 3.8) is 0 Å². The normalized spacial score (nSPS) is 10.4. The number of nitrogens with zero attached hydrogens (tertiary/aromatic N) is 1. The van der Waals surface area contributed by atoms with Crippen LogP contribution in [0.25, 0.3) is 22.5 Å². The first-order chi connectivity index (χ1) is 11.6. The molecule has 0 amide bonds. The van der Waals surface area contributed by atoms with E-state index in [1.807, 2.05) is 24.3 Å². The lowest BCUT2D eigenvalue weighted by Gasteiger charge is -2.02. The highest BCUT2D eigenvalue weighted by Gasteiger charge is 2.13. The quantitative estimate of drug-likeness (QED) is 0.436. The molecule has 120 valence electrons. The van der Waals surface area contributed by atoms with Gasteiger partial charge in [0.15, 0.2) is 6.29 Å². The van der Waals surface area contributed by atoms with Gasteiger partial charge in [-0.2, -0.15) is 0 Å². The van der Waals surface area contributed by atoms with E-state index in [0.29, 0.717) is 16.8 Å². The Hall–Kier alpha value is -3.41. The maximum absolute atomic E-state index is 11.4. The van der Waals surface area contributed by atoms with Gasteiger partial charge in [0.05, 0.1) is 17.7 Å². The molecule has 0 saturated carbocycles. The molecule has 6 heteroatoms. The lowest BCUT2D eigenvalue weighted by atomic mass is 10.1. The van der Waals surface area contributed by atoms with E-state index in [0.717, 1.165) is 23.3 Å². The summed E-state index contributed by atoms with van der Waals surface area (Å²) < 4.78 is 5.13. The summed E-state index contributed by atoms with van der Waals surface area (Å²) in [6.07, 6.45) is 0.764. The maximum Gasteiger partial charge on any atom is 0.269 e. The van der Waals surface area contributed by atoms with E-state index in [-0.39, 0.29) is 5.69 Å². The Morgan fingerprint density at radius 1 is 1.04 bits per heavy atom. The zero-order valence-electron chi connectivity index (χ0n) is 12.9. The number of nitro benzene ring substituents is 1. The Labute approximate surface area is 137 Å². The summed E-state index contributed by atoms with van der Waals surface area (Å²) in [6, 6.07) is 15.3. The third kappa shape index (κ3) is 2.89. The molecule has 0 spiro atoms. The highest BCUT2D eigenvalue weighted by molar-refractivity contribution is 5.89. The molecule has 0 fully saturated rings. The van der Waals surface area contributed by atoms with E-state index in [9.17, 15) is 14.9 Å². The molecule has 0 unspecified atom stereocenters. The van der Waals surface area contributed by atoms with Gasteiger partial charge in [0.25, 0.3) is 5.69 Å². The van der Waals surface area contributed by atoms with Crippen LogP contribution in [-0.2, 0) is 0 Å². The molecule has 0 radical (unpaired) electrons. The van der Waals surface area contributed by atoms with Crippen molar-refractivity contribution in [2.24, 2.45) is 0 Å². The third-order valence-corrected chi connectivity index (χ3v) is 3.74. The molecule has 3 aromatic rings. The number of H-pyrrole nitrogens is 1. The van der Waals surface area contributed by atoms with Gasteiger partial charge in [-0.1, -0.05) is 0 Å². The van der Waals surface area contributed by atoms with Crippen molar-refractivity contribution in [1.29, 1.82) is 0 Å². The van der Waals surface area contributed by atoms with E-state index in [1.165, 1.54) is 12.1 Å². The minimum atomic E-state index is -0.456. The van der Waals surface area contributed by atoms with Crippen molar-refractivity contribution >= 4 is 12.0 Å². The Balaban J connectivity index is 2.00. The molecule has 0 saturated heterocycles. The summed E-state index contributed by atoms with van der Waals surface area (Å²) in [4.78, 5) is 24.9. The van der Waals surface area contributed by atoms with E-state index < -0.39 is 4.92 Å². The van der Waals surface area contributed by atoms with Gasteiger partial charge in [-0.05, 0) is 53.6 Å². The molecule has 0 bridgehead atoms. The molecule has 1 aromatic heterocycles. The van der Waals surface area contributed by atoms with Crippen LogP contribution in [0.1, 0.15) is 10.4 Å². The molecular weight excluding hydrogens is 308 g/mol. The summed E-state index contributed by atoms with van der Waals surface area (Å²) >= 11 is 0. The second-order valence-electron chi connectivity index (χ2n) is 5.16. The molecule has 1 N–H and O–H groups in total. The molecule has 0 aliphatic rings. The molecular formula is C18H14N2O4. The van der Waals surface area contributed by atoms with Crippen molar-refractivity contribution in [3.05, 3.63) is 70.3 Å². The zero-order valence-corrected chi connectivity index (χ0v) is 12.9. The molecule has 0 aliphatic carbocycles. The number of aromatic nitrogens is 1. The predicted octanol–water partition coefficient (Wildman–Crippen LogP) is 4.08. The van der Waals surface area contributed by atoms with E-state index in [4.69, 9.17) is 4.74 Å². The number of nitrogens with one attached hydrogen (secondary N) is 1. The molecule has 24 heavy (non-hydrogen) atoms. The fraction of sp³-hybridized carbons (Fsp3) is 0.0556. The first kappa shape index (κ1) is 15.5. The number of nitro groups is 1. The van der Waals surface area contributed by atoms with Crippen LogP contribution < -0.4 is 4.74 Å². The minimum absolute atomic E-state index is 0.00772. The number of aldehydes is 1. The van der Waals surface area contributed by atoms with Gasteiger partial charge in [0.2, 0.25) is 0 Å². The summed E-state index contributed by atoms with van der Waals surface area (Å²) in [5, 5.41) is 10.7. The number of carbonyl (C=O) groups is 1. The summed E-state index contributed by atoms with van der Waals surface area (Å²) in [5.74, 6) is 0.747. The second kappa shape index (κ2) is 6.37. The Kier molecular flexibility index (Phi) is 4.11. The fourth-order valence-electron chi connectivity index (χ4n) is 2.48. The van der Waals surface area contributed by atoms with E-state index in [2.05, 4.69) is 4.98 Å². The average molecular weight is 322 g/mol. The van der Waals surface area contributed by atoms with Gasteiger partial charge in [0.1, 0.15) is 5.75 Å². The molecule has 6 nitrogen and oxygen atoms in total. The number of benzene rings is 2. The number of hydrogen-bond acceptors (Lipinski definition) is 4. The van der Waals surface area contributed by atoms with Crippen LogP contribution >= 0.6 is 0 Å². The van der Waals surface area contributed by atoms with Crippen LogP contribution in [0.4, 0.5) is 5.69 Å². The maximum atomic E-state index is 11.4. The molecule has 1 heterocycles. The smallest absolute Gasteiger partial charge is 0.269 e. The van der Waals surface area contributed by atoms with Crippen LogP contribution in [-0.4, -0.2) is 23.3 Å². The van der Waals surface area contributed by atoms with Gasteiger partial charge in [-0.15, -0.1) is 0 Å². The third-order valence-electron chi connectivity index (χ3n) is 3.74. The fourth-order valence-corrected chi connectivity index (χ4v) is 2.48. The Morgan fingerprint density at radius 3 is 2.21 bits per heavy atom. The van der Waals surface area contributed by atoms with Gasteiger partial charge in [0, 0.05) is 23.4 Å². The monoisotopic (exact) mass is 322 g/mol. The highest BCUT2D eigenvalue weighted by atomic mass is 16.6. The van der Waals surface area contributed by atoms with Crippen LogP contribution in [0.3, 0.4) is 0 Å². The lowest BCUT2D eigenvalue weighted by Crippen LogP contribution is -1.88. The van der Waals surface area contributed by atoms with Crippen LogP contribution in [0.15, 0.2) is 54.6 Å². The SMILES string of the molecule is COc1ccc(-c2cc(C=O)c(-c3ccc([N+](=O)[O-])cc3)[nH]2)cc1. The highest BCUT2D eigenvalue weighted by Crippen LogP contribution is 2.30. The predicted molar refractivity (Wildman–Crippen MR) is 90.3 cm³/mol. The van der Waals surface area contributed by atoms with Crippen molar-refractivity contribution < 1.29 is 14.5 Å². The van der Waals surface area contributed by atoms with Crippen LogP contribution in [0, 0.1) is 10.1 Å². The largest absolute Gasteiger partial charge is 0.497 e. The number of rotatable bonds is 5. The molecule has 0 atom stereocenters. The summed E-state index contributed by atoms with van der Waals surface area (Å²) in [5.41, 5.74) is 3.54. The number of methoxy groups -OCH3 is 1. The van der Waals surface area contributed by atoms with Crippen LogP contribution in [0.2, 0.25) is 0 Å². The first-order valence-corrected chi connectivity index (χ1v) is 7.20. The summed E-state index contributed by atoms with van der Waals surface area (Å²) in [6.45, 7) is 0. The number of hydrogen-bond donors (Lipinski definition) is 1. The number of carbonyl (C=O) groups excluding carboxylic acids is 1. The van der Waals surface area contributed by atoms with Crippen molar-refractivity contribution in [3.8, 4) is 28.3 Å². The van der Waals surface area contributed by atoms with Crippen molar-refractivity contribution in [1.82, 2.24) is 4.98 Å². The van der Waals surface area contributed by atoms with Crippen molar-refractivity contribution in [2.75, 3.05) is 7.11 Å². The van der Waals surface area contributed by atoms with E-state index >= 15 is 0 Å².